The third kappa shape index (κ3) is 952. The van der Waals surface area contributed by atoms with Crippen LogP contribution in [0.4, 0.5) is 0 Å². The molecule has 0 aromatic carbocycles. The fraction of sp³-hybridized carbons (Fsp3) is 1.00. The zero-order valence-corrected chi connectivity index (χ0v) is 3.10. The normalized spacial score (nSPS) is 12.0. The lowest BCUT2D eigenvalue weighted by Crippen LogP contribution is -2.45. The first-order valence-corrected chi connectivity index (χ1v) is 1.30. The molecule has 0 rings (SSSR count). The van der Waals surface area contributed by atoms with Crippen LogP contribution in [0.25, 0.3) is 0 Å². The molecule has 0 aliphatic rings. The van der Waals surface area contributed by atoms with E-state index in [-0.39, 0.29) is 0 Å². The van der Waals surface area contributed by atoms with Crippen molar-refractivity contribution in [2.75, 3.05) is 0 Å². The Bertz CT molecular complexity index is 23.1. The molecule has 3 heteroatoms. The number of nitrogens with two attached hydrogens (primary N) is 2. The molecular weight excluding hydrogens is 68.0 g/mol. The Morgan fingerprint density at radius 3 is 1.60 bits per heavy atom. The predicted octanol–water partition coefficient (Wildman–Crippen LogP) is -1.43. The minimum Gasteiger partial charge on any atom is -0.364 e. The lowest BCUT2D eigenvalue weighted by molar-refractivity contribution is 0.0747. The van der Waals surface area contributed by atoms with E-state index >= 15 is 0 Å². The van der Waals surface area contributed by atoms with E-state index in [4.69, 9.17) is 5.11 Å². The van der Waals surface area contributed by atoms with Crippen LogP contribution in [-0.2, 0) is 0 Å². The van der Waals surface area contributed by atoms with E-state index in [0.29, 0.717) is 0 Å². The van der Waals surface area contributed by atoms with Gasteiger partial charge in [0.15, 0.2) is 5.85 Å². The number of rotatable bonds is 0. The summed E-state index contributed by atoms with van der Waals surface area (Å²) in [7, 11) is 0. The van der Waals surface area contributed by atoms with Gasteiger partial charge in [0.25, 0.3) is 0 Å². The van der Waals surface area contributed by atoms with E-state index in [1.54, 1.807) is 0 Å². The van der Waals surface area contributed by atoms with Crippen molar-refractivity contribution >= 4 is 0 Å². The Kier molecular flexibility index (Phi) is 0.908. The molecule has 0 spiro atoms. The summed E-state index contributed by atoms with van der Waals surface area (Å²) in [5, 5.41) is 8.08. The van der Waals surface area contributed by atoms with Crippen LogP contribution in [0.1, 0.15) is 6.92 Å². The number of hydrogen-bond acceptors (Lipinski definition) is 3. The molecule has 5 N–H and O–H groups in total. The van der Waals surface area contributed by atoms with Gasteiger partial charge in [-0.3, -0.25) is 11.5 Å². The molecule has 0 atom stereocenters. The van der Waals surface area contributed by atoms with E-state index in [0.717, 1.165) is 0 Å². The molecule has 0 heterocycles. The second-order valence-electron chi connectivity index (χ2n) is 1.23. The summed E-state index contributed by atoms with van der Waals surface area (Å²) in [5.41, 5.74) is 9.38. The molecule has 0 fully saturated rings. The largest absolute Gasteiger partial charge is 0.364 e. The SMILES string of the molecule is CC(N)(N)O. The standard InChI is InChI=1S/C2H8N2O/c1-2(3,4)5/h5H,3-4H2,1H3. The maximum atomic E-state index is 8.08. The molecule has 0 aliphatic heterocycles. The van der Waals surface area contributed by atoms with Gasteiger partial charge >= 0.3 is 0 Å². The summed E-state index contributed by atoms with van der Waals surface area (Å²) < 4.78 is 0. The minimum absolute atomic E-state index is 1.30. The molecule has 0 aliphatic carbocycles. The second-order valence-corrected chi connectivity index (χ2v) is 1.23. The molecule has 0 aromatic rings. The molecule has 0 bridgehead atoms. The fourth-order valence-corrected chi connectivity index (χ4v) is 0. The topological polar surface area (TPSA) is 72.3 Å². The molecule has 0 radical (unpaired) electrons. The molecule has 0 saturated heterocycles. The van der Waals surface area contributed by atoms with Gasteiger partial charge < -0.3 is 5.11 Å². The summed E-state index contributed by atoms with van der Waals surface area (Å²) in [6.07, 6.45) is 0. The maximum absolute atomic E-state index is 8.08. The van der Waals surface area contributed by atoms with E-state index < -0.39 is 5.85 Å². The summed E-state index contributed by atoms with van der Waals surface area (Å²) >= 11 is 0. The van der Waals surface area contributed by atoms with Gasteiger partial charge in [0, 0.05) is 0 Å². The third-order valence-electron chi connectivity index (χ3n) is 0. The molecule has 0 aromatic heterocycles. The average molecular weight is 76.1 g/mol. The van der Waals surface area contributed by atoms with Crippen LogP contribution in [0.3, 0.4) is 0 Å². The van der Waals surface area contributed by atoms with Crippen LogP contribution in [-0.4, -0.2) is 11.0 Å². The van der Waals surface area contributed by atoms with Crippen molar-refractivity contribution in [3.63, 3.8) is 0 Å². The molecule has 5 heavy (non-hydrogen) atoms. The second kappa shape index (κ2) is 0.931. The van der Waals surface area contributed by atoms with Crippen molar-refractivity contribution in [3.8, 4) is 0 Å². The Balaban J connectivity index is 3.02. The van der Waals surface area contributed by atoms with Gasteiger partial charge in [-0.2, -0.15) is 0 Å². The molecule has 0 unspecified atom stereocenters. The Labute approximate surface area is 30.6 Å². The Morgan fingerprint density at radius 1 is 1.60 bits per heavy atom. The zero-order chi connectivity index (χ0) is 4.50. The van der Waals surface area contributed by atoms with E-state index in [1.807, 2.05) is 0 Å². The summed E-state index contributed by atoms with van der Waals surface area (Å²) in [4.78, 5) is 0. The lowest BCUT2D eigenvalue weighted by atomic mass is 10.6. The molecule has 0 amide bonds. The predicted molar refractivity (Wildman–Crippen MR) is 19.0 cm³/mol. The first-order valence-electron chi connectivity index (χ1n) is 1.30. The molecule has 3 nitrogen and oxygen atoms in total. The quantitative estimate of drug-likeness (QED) is 0.310. The average Bonchev–Trinajstić information content (AvgIpc) is 0.722. The van der Waals surface area contributed by atoms with Crippen LogP contribution in [0.5, 0.6) is 0 Å². The smallest absolute Gasteiger partial charge is 0.163 e. The summed E-state index contributed by atoms with van der Waals surface area (Å²) in [5.74, 6) is -1.50. The third-order valence-corrected chi connectivity index (χ3v) is 0. The highest BCUT2D eigenvalue weighted by Crippen LogP contribution is 1.69. The van der Waals surface area contributed by atoms with Gasteiger partial charge in [-0.25, -0.2) is 0 Å². The van der Waals surface area contributed by atoms with Crippen LogP contribution in [0, 0.1) is 0 Å². The van der Waals surface area contributed by atoms with E-state index in [2.05, 4.69) is 11.5 Å². The minimum atomic E-state index is -1.50. The zero-order valence-electron chi connectivity index (χ0n) is 3.10. The van der Waals surface area contributed by atoms with Crippen LogP contribution >= 0.6 is 0 Å². The van der Waals surface area contributed by atoms with Crippen molar-refractivity contribution in [3.05, 3.63) is 0 Å². The fourth-order valence-electron chi connectivity index (χ4n) is 0. The van der Waals surface area contributed by atoms with Crippen LogP contribution < -0.4 is 11.5 Å². The van der Waals surface area contributed by atoms with E-state index in [1.165, 1.54) is 6.92 Å². The molecule has 32 valence electrons. The monoisotopic (exact) mass is 76.1 g/mol. The number of hydrogen-bond donors (Lipinski definition) is 3. The van der Waals surface area contributed by atoms with Gasteiger partial charge in [0.2, 0.25) is 0 Å². The lowest BCUT2D eigenvalue weighted by Gasteiger charge is -2.05. The van der Waals surface area contributed by atoms with Gasteiger partial charge in [-0.05, 0) is 6.92 Å². The number of aliphatic hydroxyl groups is 1. The van der Waals surface area contributed by atoms with Gasteiger partial charge in [0.1, 0.15) is 0 Å². The highest BCUT2D eigenvalue weighted by molar-refractivity contribution is 4.44. The first kappa shape index (κ1) is 4.88. The van der Waals surface area contributed by atoms with Crippen molar-refractivity contribution < 1.29 is 5.11 Å². The summed E-state index contributed by atoms with van der Waals surface area (Å²) in [6.45, 7) is 1.30. The Morgan fingerprint density at radius 2 is 1.60 bits per heavy atom. The maximum Gasteiger partial charge on any atom is 0.163 e. The highest BCUT2D eigenvalue weighted by Gasteiger charge is 1.98. The van der Waals surface area contributed by atoms with Crippen molar-refractivity contribution in [1.29, 1.82) is 0 Å². The van der Waals surface area contributed by atoms with Gasteiger partial charge in [-0.1, -0.05) is 0 Å². The van der Waals surface area contributed by atoms with E-state index in [9.17, 15) is 0 Å². The van der Waals surface area contributed by atoms with Crippen molar-refractivity contribution in [2.24, 2.45) is 11.5 Å². The first-order chi connectivity index (χ1) is 2.00. The van der Waals surface area contributed by atoms with Crippen molar-refractivity contribution in [2.45, 2.75) is 12.8 Å². The van der Waals surface area contributed by atoms with Gasteiger partial charge in [0.05, 0.1) is 0 Å². The van der Waals surface area contributed by atoms with Crippen molar-refractivity contribution in [1.82, 2.24) is 0 Å². The molecular formula is C2H8N2O. The Hall–Kier alpha value is -0.120. The van der Waals surface area contributed by atoms with Crippen LogP contribution in [0.2, 0.25) is 0 Å². The highest BCUT2D eigenvalue weighted by atomic mass is 16.3. The van der Waals surface area contributed by atoms with Crippen LogP contribution in [0.15, 0.2) is 0 Å². The summed E-state index contributed by atoms with van der Waals surface area (Å²) in [6, 6.07) is 0. The van der Waals surface area contributed by atoms with Gasteiger partial charge in [-0.15, -0.1) is 0 Å². The molecule has 0 saturated carbocycles.